The molecule has 0 fully saturated rings. The second kappa shape index (κ2) is 10.2. The number of hydrogen-bond acceptors (Lipinski definition) is 2. The van der Waals surface area contributed by atoms with Crippen molar-refractivity contribution in [2.75, 3.05) is 20.6 Å². The Morgan fingerprint density at radius 1 is 0.926 bits per heavy atom. The van der Waals surface area contributed by atoms with Gasteiger partial charge in [0.05, 0.1) is 10.0 Å². The number of carbonyl (C=O) groups excluding carboxylic acids is 2. The number of urea groups is 1. The van der Waals surface area contributed by atoms with E-state index >= 15 is 0 Å². The highest BCUT2D eigenvalue weighted by atomic mass is 35.5. The largest absolute Gasteiger partial charge is 0.341 e. The van der Waals surface area contributed by atoms with Gasteiger partial charge in [-0.2, -0.15) is 0 Å². The number of halogens is 2. The van der Waals surface area contributed by atoms with Crippen molar-refractivity contribution in [2.24, 2.45) is 0 Å². The molecule has 0 radical (unpaired) electrons. The molecule has 1 N–H and O–H groups in total. The standard InChI is InChI=1S/C20H23Cl2N3O2/c1-24(14-16-9-6-10-17(21)19(16)22)18(26)11-12-23-20(27)25(2)13-15-7-4-3-5-8-15/h3-10H,11-14H2,1-2H3,(H,23,27). The Morgan fingerprint density at radius 2 is 1.63 bits per heavy atom. The van der Waals surface area contributed by atoms with Crippen LogP contribution in [-0.2, 0) is 17.9 Å². The molecule has 0 aromatic heterocycles. The Morgan fingerprint density at radius 3 is 2.33 bits per heavy atom. The zero-order chi connectivity index (χ0) is 19.8. The highest BCUT2D eigenvalue weighted by molar-refractivity contribution is 6.42. The fourth-order valence-corrected chi connectivity index (χ4v) is 2.93. The summed E-state index contributed by atoms with van der Waals surface area (Å²) in [4.78, 5) is 27.5. The molecule has 2 rings (SSSR count). The van der Waals surface area contributed by atoms with E-state index in [0.29, 0.717) is 23.1 Å². The van der Waals surface area contributed by atoms with Crippen LogP contribution >= 0.6 is 23.2 Å². The van der Waals surface area contributed by atoms with Crippen LogP contribution in [0.5, 0.6) is 0 Å². The van der Waals surface area contributed by atoms with Crippen molar-refractivity contribution in [1.82, 2.24) is 15.1 Å². The first-order valence-corrected chi connectivity index (χ1v) is 9.34. The predicted octanol–water partition coefficient (Wildman–Crippen LogP) is 4.18. The molecular weight excluding hydrogens is 385 g/mol. The van der Waals surface area contributed by atoms with Gasteiger partial charge in [-0.15, -0.1) is 0 Å². The van der Waals surface area contributed by atoms with Gasteiger partial charge in [0, 0.05) is 40.2 Å². The number of carbonyl (C=O) groups is 2. The van der Waals surface area contributed by atoms with Gasteiger partial charge < -0.3 is 15.1 Å². The molecule has 2 aromatic carbocycles. The lowest BCUT2D eigenvalue weighted by molar-refractivity contribution is -0.130. The highest BCUT2D eigenvalue weighted by Crippen LogP contribution is 2.26. The Bertz CT molecular complexity index is 784. The summed E-state index contributed by atoms with van der Waals surface area (Å²) in [7, 11) is 3.42. The molecule has 7 heteroatoms. The third-order valence-electron chi connectivity index (χ3n) is 4.09. The van der Waals surface area contributed by atoms with Crippen LogP contribution in [0.3, 0.4) is 0 Å². The summed E-state index contributed by atoms with van der Waals surface area (Å²) in [6.07, 6.45) is 0.208. The van der Waals surface area contributed by atoms with Gasteiger partial charge in [-0.3, -0.25) is 4.79 Å². The molecule has 0 heterocycles. The SMILES string of the molecule is CN(Cc1cccc(Cl)c1Cl)C(=O)CCNC(=O)N(C)Cc1ccccc1. The minimum absolute atomic E-state index is 0.0861. The average molecular weight is 408 g/mol. The van der Waals surface area contributed by atoms with E-state index in [4.69, 9.17) is 23.2 Å². The molecule has 144 valence electrons. The Balaban J connectivity index is 1.76. The molecular formula is C20H23Cl2N3O2. The summed E-state index contributed by atoms with van der Waals surface area (Å²) in [6, 6.07) is 14.8. The summed E-state index contributed by atoms with van der Waals surface area (Å²) in [5, 5.41) is 3.68. The van der Waals surface area contributed by atoms with E-state index in [-0.39, 0.29) is 24.9 Å². The third-order valence-corrected chi connectivity index (χ3v) is 4.95. The van der Waals surface area contributed by atoms with Crippen molar-refractivity contribution in [1.29, 1.82) is 0 Å². The summed E-state index contributed by atoms with van der Waals surface area (Å²) in [6.45, 7) is 1.14. The van der Waals surface area contributed by atoms with E-state index < -0.39 is 0 Å². The van der Waals surface area contributed by atoms with Crippen molar-refractivity contribution in [2.45, 2.75) is 19.5 Å². The maximum atomic E-state index is 12.3. The maximum Gasteiger partial charge on any atom is 0.317 e. The van der Waals surface area contributed by atoms with E-state index in [2.05, 4.69) is 5.32 Å². The third kappa shape index (κ3) is 6.45. The number of hydrogen-bond donors (Lipinski definition) is 1. The number of nitrogens with one attached hydrogen (secondary N) is 1. The number of benzene rings is 2. The first kappa shape index (κ1) is 21.1. The molecule has 0 saturated heterocycles. The topological polar surface area (TPSA) is 52.7 Å². The van der Waals surface area contributed by atoms with Crippen LogP contribution in [0, 0.1) is 0 Å². The van der Waals surface area contributed by atoms with Crippen LogP contribution in [0.4, 0.5) is 4.79 Å². The lowest BCUT2D eigenvalue weighted by atomic mass is 10.2. The van der Waals surface area contributed by atoms with Crippen LogP contribution in [0.25, 0.3) is 0 Å². The average Bonchev–Trinajstić information content (AvgIpc) is 2.66. The number of amides is 3. The van der Waals surface area contributed by atoms with Crippen molar-refractivity contribution in [3.05, 3.63) is 69.7 Å². The monoisotopic (exact) mass is 407 g/mol. The van der Waals surface area contributed by atoms with Gasteiger partial charge in [-0.1, -0.05) is 65.7 Å². The first-order chi connectivity index (χ1) is 12.9. The minimum Gasteiger partial charge on any atom is -0.341 e. The molecule has 2 aromatic rings. The zero-order valence-electron chi connectivity index (χ0n) is 15.4. The summed E-state index contributed by atoms with van der Waals surface area (Å²) in [5.41, 5.74) is 1.83. The van der Waals surface area contributed by atoms with E-state index in [9.17, 15) is 9.59 Å². The normalized spacial score (nSPS) is 10.4. The van der Waals surface area contributed by atoms with Crippen molar-refractivity contribution in [3.8, 4) is 0 Å². The molecule has 27 heavy (non-hydrogen) atoms. The number of rotatable bonds is 7. The number of nitrogens with zero attached hydrogens (tertiary/aromatic N) is 2. The van der Waals surface area contributed by atoms with Crippen molar-refractivity contribution in [3.63, 3.8) is 0 Å². The second-order valence-electron chi connectivity index (χ2n) is 6.29. The van der Waals surface area contributed by atoms with Gasteiger partial charge in [0.25, 0.3) is 0 Å². The van der Waals surface area contributed by atoms with E-state index in [1.54, 1.807) is 36.0 Å². The van der Waals surface area contributed by atoms with Crippen molar-refractivity contribution >= 4 is 35.1 Å². The molecule has 0 bridgehead atoms. The molecule has 0 unspecified atom stereocenters. The van der Waals surface area contributed by atoms with E-state index in [0.717, 1.165) is 11.1 Å². The summed E-state index contributed by atoms with van der Waals surface area (Å²) < 4.78 is 0. The molecule has 0 saturated carbocycles. The van der Waals surface area contributed by atoms with Gasteiger partial charge in [-0.05, 0) is 17.2 Å². The Hall–Kier alpha value is -2.24. The second-order valence-corrected chi connectivity index (χ2v) is 7.07. The lowest BCUT2D eigenvalue weighted by Crippen LogP contribution is -2.39. The van der Waals surface area contributed by atoms with Crippen LogP contribution in [-0.4, -0.2) is 42.4 Å². The molecule has 0 aliphatic carbocycles. The van der Waals surface area contributed by atoms with Crippen LogP contribution in [0.2, 0.25) is 10.0 Å². The zero-order valence-corrected chi connectivity index (χ0v) is 16.9. The van der Waals surface area contributed by atoms with E-state index in [1.165, 1.54) is 0 Å². The summed E-state index contributed by atoms with van der Waals surface area (Å²) >= 11 is 12.2. The van der Waals surface area contributed by atoms with Crippen LogP contribution < -0.4 is 5.32 Å². The smallest absolute Gasteiger partial charge is 0.317 e. The minimum atomic E-state index is -0.216. The van der Waals surface area contributed by atoms with Gasteiger partial charge in [0.2, 0.25) is 5.91 Å². The van der Waals surface area contributed by atoms with Crippen LogP contribution in [0.1, 0.15) is 17.5 Å². The Kier molecular flexibility index (Phi) is 7.95. The molecule has 0 spiro atoms. The Labute approximate surface area is 169 Å². The van der Waals surface area contributed by atoms with Gasteiger partial charge in [-0.25, -0.2) is 4.79 Å². The molecule has 0 aliphatic rings. The fraction of sp³-hybridized carbons (Fsp3) is 0.300. The molecule has 0 aliphatic heterocycles. The van der Waals surface area contributed by atoms with Gasteiger partial charge in [0.15, 0.2) is 0 Å². The molecule has 3 amide bonds. The summed E-state index contributed by atoms with van der Waals surface area (Å²) in [5.74, 6) is -0.0861. The maximum absolute atomic E-state index is 12.3. The van der Waals surface area contributed by atoms with Crippen LogP contribution in [0.15, 0.2) is 48.5 Å². The highest BCUT2D eigenvalue weighted by Gasteiger charge is 2.14. The van der Waals surface area contributed by atoms with Gasteiger partial charge >= 0.3 is 6.03 Å². The lowest BCUT2D eigenvalue weighted by Gasteiger charge is -2.20. The van der Waals surface area contributed by atoms with Gasteiger partial charge in [0.1, 0.15) is 0 Å². The van der Waals surface area contributed by atoms with Crippen molar-refractivity contribution < 1.29 is 9.59 Å². The quantitative estimate of drug-likeness (QED) is 0.747. The van der Waals surface area contributed by atoms with E-state index in [1.807, 2.05) is 36.4 Å². The molecule has 5 nitrogen and oxygen atoms in total. The predicted molar refractivity (Wildman–Crippen MR) is 109 cm³/mol. The fourth-order valence-electron chi connectivity index (χ4n) is 2.55. The molecule has 0 atom stereocenters. The first-order valence-electron chi connectivity index (χ1n) is 8.58.